The van der Waals surface area contributed by atoms with Crippen LogP contribution < -0.4 is 15.0 Å². The smallest absolute Gasteiger partial charge is 0.321 e. The normalized spacial score (nSPS) is 15.2. The van der Waals surface area contributed by atoms with Crippen LogP contribution in [0.4, 0.5) is 16.2 Å². The third-order valence-electron chi connectivity index (χ3n) is 5.34. The van der Waals surface area contributed by atoms with Gasteiger partial charge in [0, 0.05) is 42.0 Å². The Morgan fingerprint density at radius 1 is 1.17 bits per heavy atom. The molecule has 156 valence electrons. The molecule has 0 saturated carbocycles. The molecule has 2 aromatic rings. The summed E-state index contributed by atoms with van der Waals surface area (Å²) in [7, 11) is 1.69. The molecule has 1 N–H and O–H groups in total. The van der Waals surface area contributed by atoms with E-state index < -0.39 is 0 Å². The Morgan fingerprint density at radius 3 is 2.55 bits per heavy atom. The third kappa shape index (κ3) is 5.38. The first-order chi connectivity index (χ1) is 14.0. The topological polar surface area (TPSA) is 44.8 Å². The molecule has 1 atom stereocenters. The molecule has 0 bridgehead atoms. The number of carbonyl (C=O) groups is 1. The summed E-state index contributed by atoms with van der Waals surface area (Å²) in [6.45, 7) is 9.44. The molecule has 3 rings (SSSR count). The van der Waals surface area contributed by atoms with Crippen LogP contribution in [0.2, 0.25) is 0 Å². The molecule has 1 saturated heterocycles. The van der Waals surface area contributed by atoms with Gasteiger partial charge < -0.3 is 19.9 Å². The number of ether oxygens (including phenoxy) is 1. The second-order valence-corrected chi connectivity index (χ2v) is 8.90. The molecule has 1 fully saturated rings. The summed E-state index contributed by atoms with van der Waals surface area (Å²) in [6.07, 6.45) is 1.14. The zero-order chi connectivity index (χ0) is 20.8. The van der Waals surface area contributed by atoms with Crippen LogP contribution in [0.1, 0.15) is 25.8 Å². The van der Waals surface area contributed by atoms with Gasteiger partial charge in [0.2, 0.25) is 0 Å². The number of anilines is 2. The first-order valence-electron chi connectivity index (χ1n) is 10.2. The van der Waals surface area contributed by atoms with Crippen molar-refractivity contribution in [2.75, 3.05) is 43.5 Å². The third-order valence-corrected chi connectivity index (χ3v) is 6.61. The maximum Gasteiger partial charge on any atom is 0.321 e. The average molecular weight is 414 g/mol. The second kappa shape index (κ2) is 9.92. The van der Waals surface area contributed by atoms with E-state index in [-0.39, 0.29) is 6.03 Å². The maximum atomic E-state index is 12.8. The number of aryl methyl sites for hydroxylation is 1. The lowest BCUT2D eigenvalue weighted by Crippen LogP contribution is -2.50. The fourth-order valence-corrected chi connectivity index (χ4v) is 4.42. The van der Waals surface area contributed by atoms with Crippen LogP contribution in [-0.2, 0) is 0 Å². The lowest BCUT2D eigenvalue weighted by atomic mass is 10.2. The fourth-order valence-electron chi connectivity index (χ4n) is 3.40. The van der Waals surface area contributed by atoms with E-state index in [0.29, 0.717) is 18.3 Å². The number of nitrogens with zero attached hydrogens (tertiary/aromatic N) is 2. The Hall–Kier alpha value is -2.34. The van der Waals surface area contributed by atoms with Gasteiger partial charge in [-0.15, -0.1) is 11.8 Å². The molecule has 1 unspecified atom stereocenters. The van der Waals surface area contributed by atoms with Crippen molar-refractivity contribution in [1.82, 2.24) is 4.90 Å². The highest BCUT2D eigenvalue weighted by Gasteiger charge is 2.23. The number of carbonyl (C=O) groups excluding carboxylic acids is 1. The van der Waals surface area contributed by atoms with Gasteiger partial charge in [0.25, 0.3) is 0 Å². The Bertz CT molecular complexity index is 835. The minimum Gasteiger partial charge on any atom is -0.495 e. The molecule has 5 nitrogen and oxygen atoms in total. The summed E-state index contributed by atoms with van der Waals surface area (Å²) in [5, 5.41) is 3.68. The summed E-state index contributed by atoms with van der Waals surface area (Å²) in [4.78, 5) is 18.2. The molecule has 2 aromatic carbocycles. The summed E-state index contributed by atoms with van der Waals surface area (Å²) in [5.41, 5.74) is 3.07. The zero-order valence-corrected chi connectivity index (χ0v) is 18.6. The Kier molecular flexibility index (Phi) is 7.31. The molecule has 0 aliphatic carbocycles. The van der Waals surface area contributed by atoms with Gasteiger partial charge in [0.05, 0.1) is 12.8 Å². The van der Waals surface area contributed by atoms with Gasteiger partial charge >= 0.3 is 6.03 Å². The van der Waals surface area contributed by atoms with E-state index in [4.69, 9.17) is 4.74 Å². The number of amides is 2. The van der Waals surface area contributed by atoms with Crippen molar-refractivity contribution < 1.29 is 9.53 Å². The van der Waals surface area contributed by atoms with Crippen LogP contribution in [-0.4, -0.2) is 49.5 Å². The van der Waals surface area contributed by atoms with Crippen molar-refractivity contribution in [3.63, 3.8) is 0 Å². The first kappa shape index (κ1) is 21.4. The van der Waals surface area contributed by atoms with E-state index >= 15 is 0 Å². The highest BCUT2D eigenvalue weighted by Crippen LogP contribution is 2.30. The van der Waals surface area contributed by atoms with Crippen LogP contribution in [0.15, 0.2) is 47.4 Å². The van der Waals surface area contributed by atoms with Crippen molar-refractivity contribution in [1.29, 1.82) is 0 Å². The van der Waals surface area contributed by atoms with Gasteiger partial charge in [0.1, 0.15) is 5.75 Å². The number of benzene rings is 2. The summed E-state index contributed by atoms with van der Waals surface area (Å²) < 4.78 is 5.47. The maximum absolute atomic E-state index is 12.8. The lowest BCUT2D eigenvalue weighted by molar-refractivity contribution is 0.208. The first-order valence-corrected chi connectivity index (χ1v) is 11.1. The molecule has 1 aliphatic rings. The highest BCUT2D eigenvalue weighted by atomic mass is 32.2. The fraction of sp³-hybridized carbons (Fsp3) is 0.435. The lowest BCUT2D eigenvalue weighted by Gasteiger charge is -2.36. The molecular weight excluding hydrogens is 382 g/mol. The molecule has 0 spiro atoms. The number of urea groups is 1. The number of piperazine rings is 1. The predicted molar refractivity (Wildman–Crippen MR) is 123 cm³/mol. The van der Waals surface area contributed by atoms with Crippen molar-refractivity contribution in [2.24, 2.45) is 0 Å². The van der Waals surface area contributed by atoms with E-state index in [1.54, 1.807) is 7.11 Å². The van der Waals surface area contributed by atoms with Crippen LogP contribution in [0.25, 0.3) is 0 Å². The van der Waals surface area contributed by atoms with Gasteiger partial charge in [-0.3, -0.25) is 0 Å². The predicted octanol–water partition coefficient (Wildman–Crippen LogP) is 5.25. The van der Waals surface area contributed by atoms with Gasteiger partial charge in [-0.1, -0.05) is 26.0 Å². The minimum atomic E-state index is -0.0323. The largest absolute Gasteiger partial charge is 0.495 e. The molecule has 2 amide bonds. The molecule has 0 aromatic heterocycles. The Labute approximate surface area is 178 Å². The minimum absolute atomic E-state index is 0.0323. The van der Waals surface area contributed by atoms with Gasteiger partial charge in [-0.25, -0.2) is 4.79 Å². The molecule has 29 heavy (non-hydrogen) atoms. The van der Waals surface area contributed by atoms with Crippen LogP contribution in [0, 0.1) is 6.92 Å². The van der Waals surface area contributed by atoms with Crippen molar-refractivity contribution in [3.8, 4) is 5.75 Å². The number of nitrogens with one attached hydrogen (secondary N) is 1. The van der Waals surface area contributed by atoms with Crippen LogP contribution in [0.3, 0.4) is 0 Å². The number of methoxy groups -OCH3 is 1. The van der Waals surface area contributed by atoms with Crippen LogP contribution >= 0.6 is 11.8 Å². The number of rotatable bonds is 6. The molecule has 1 heterocycles. The van der Waals surface area contributed by atoms with E-state index in [1.807, 2.05) is 40.9 Å². The van der Waals surface area contributed by atoms with E-state index in [1.165, 1.54) is 4.90 Å². The molecular formula is C23H31N3O2S. The van der Waals surface area contributed by atoms with E-state index in [0.717, 1.165) is 42.2 Å². The number of hydrogen-bond acceptors (Lipinski definition) is 4. The molecule has 0 radical (unpaired) electrons. The highest BCUT2D eigenvalue weighted by molar-refractivity contribution is 7.99. The quantitative estimate of drug-likeness (QED) is 0.657. The summed E-state index contributed by atoms with van der Waals surface area (Å²) in [5.74, 6) is 0.872. The van der Waals surface area contributed by atoms with Crippen molar-refractivity contribution in [2.45, 2.75) is 37.3 Å². The summed E-state index contributed by atoms with van der Waals surface area (Å²) in [6, 6.07) is 14.3. The average Bonchev–Trinajstić information content (AvgIpc) is 2.75. The molecule has 6 heteroatoms. The number of hydrogen-bond donors (Lipinski definition) is 1. The number of para-hydroxylation sites is 2. The van der Waals surface area contributed by atoms with Crippen molar-refractivity contribution in [3.05, 3.63) is 48.0 Å². The second-order valence-electron chi connectivity index (χ2n) is 7.39. The Morgan fingerprint density at radius 2 is 1.90 bits per heavy atom. The SMILES string of the molecule is CCC(C)Sc1ccc(NC(=O)N2CCN(c3ccccc3OC)CC2)c(C)c1. The van der Waals surface area contributed by atoms with Crippen molar-refractivity contribution >= 4 is 29.2 Å². The van der Waals surface area contributed by atoms with E-state index in [9.17, 15) is 4.79 Å². The van der Waals surface area contributed by atoms with Crippen LogP contribution in [0.5, 0.6) is 5.75 Å². The van der Waals surface area contributed by atoms with Gasteiger partial charge in [-0.05, 0) is 49.2 Å². The van der Waals surface area contributed by atoms with Gasteiger partial charge in [0.15, 0.2) is 0 Å². The summed E-state index contributed by atoms with van der Waals surface area (Å²) >= 11 is 1.88. The zero-order valence-electron chi connectivity index (χ0n) is 17.8. The van der Waals surface area contributed by atoms with E-state index in [2.05, 4.69) is 49.2 Å². The Balaban J connectivity index is 1.57. The standard InChI is InChI=1S/C23H31N3O2S/c1-5-18(3)29-19-10-11-20(17(2)16-19)24-23(27)26-14-12-25(13-15-26)21-8-6-7-9-22(21)28-4/h6-11,16,18H,5,12-15H2,1-4H3,(H,24,27). The monoisotopic (exact) mass is 413 g/mol. The number of thioether (sulfide) groups is 1. The van der Waals surface area contributed by atoms with Gasteiger partial charge in [-0.2, -0.15) is 0 Å². The molecule has 1 aliphatic heterocycles.